The highest BCUT2D eigenvalue weighted by Gasteiger charge is 2.16. The van der Waals surface area contributed by atoms with Crippen LogP contribution in [0.4, 0.5) is 11.5 Å². The van der Waals surface area contributed by atoms with Gasteiger partial charge in [0.25, 0.3) is 0 Å². The van der Waals surface area contributed by atoms with Crippen molar-refractivity contribution < 1.29 is 14.1 Å². The van der Waals surface area contributed by atoms with Crippen LogP contribution < -0.4 is 10.6 Å². The number of hydrogen-bond donors (Lipinski definition) is 2. The van der Waals surface area contributed by atoms with Crippen LogP contribution in [0.2, 0.25) is 0 Å². The van der Waals surface area contributed by atoms with Crippen LogP contribution in [0, 0.1) is 6.92 Å². The standard InChI is InChI=1S/C17H21N3O3S/c1-4-13-5-7-14(8-6-13)18-16(21)10-24-12(3)17(22)19-15-9-11(2)23-20-15/h5-9,12H,4,10H2,1-3H3,(H,18,21)(H,19,20,22). The third-order valence-electron chi connectivity index (χ3n) is 3.36. The number of thioether (sulfide) groups is 1. The predicted molar refractivity (Wildman–Crippen MR) is 96.2 cm³/mol. The lowest BCUT2D eigenvalue weighted by atomic mass is 10.1. The summed E-state index contributed by atoms with van der Waals surface area (Å²) < 4.78 is 4.89. The molecule has 2 N–H and O–H groups in total. The monoisotopic (exact) mass is 347 g/mol. The number of amides is 2. The summed E-state index contributed by atoms with van der Waals surface area (Å²) in [5, 5.41) is 8.80. The molecule has 0 spiro atoms. The fourth-order valence-electron chi connectivity index (χ4n) is 1.95. The topological polar surface area (TPSA) is 84.2 Å². The lowest BCUT2D eigenvalue weighted by molar-refractivity contribution is -0.115. The lowest BCUT2D eigenvalue weighted by Crippen LogP contribution is -2.25. The molecule has 1 heterocycles. The van der Waals surface area contributed by atoms with E-state index in [2.05, 4.69) is 22.7 Å². The third kappa shape index (κ3) is 5.42. The van der Waals surface area contributed by atoms with Crippen LogP contribution >= 0.6 is 11.8 Å². The van der Waals surface area contributed by atoms with Crippen molar-refractivity contribution in [2.75, 3.05) is 16.4 Å². The minimum atomic E-state index is -0.379. The third-order valence-corrected chi connectivity index (χ3v) is 4.50. The molecule has 24 heavy (non-hydrogen) atoms. The van der Waals surface area contributed by atoms with Gasteiger partial charge in [-0.05, 0) is 38.0 Å². The van der Waals surface area contributed by atoms with Gasteiger partial charge in [0.2, 0.25) is 11.8 Å². The minimum Gasteiger partial charge on any atom is -0.360 e. The van der Waals surface area contributed by atoms with Crippen molar-refractivity contribution in [2.24, 2.45) is 0 Å². The van der Waals surface area contributed by atoms with Gasteiger partial charge >= 0.3 is 0 Å². The Kier molecular flexibility index (Phi) is 6.43. The molecule has 6 nitrogen and oxygen atoms in total. The maximum absolute atomic E-state index is 12.0. The molecule has 0 aliphatic heterocycles. The Hall–Kier alpha value is -2.28. The van der Waals surface area contributed by atoms with Crippen LogP contribution in [0.1, 0.15) is 25.2 Å². The summed E-state index contributed by atoms with van der Waals surface area (Å²) in [6.45, 7) is 5.57. The summed E-state index contributed by atoms with van der Waals surface area (Å²) in [6.07, 6.45) is 0.960. The fourth-order valence-corrected chi connectivity index (χ4v) is 2.63. The first-order valence-corrected chi connectivity index (χ1v) is 8.77. The maximum Gasteiger partial charge on any atom is 0.238 e. The van der Waals surface area contributed by atoms with E-state index in [1.807, 2.05) is 24.3 Å². The van der Waals surface area contributed by atoms with Crippen molar-refractivity contribution in [2.45, 2.75) is 32.4 Å². The Bertz CT molecular complexity index is 697. The number of nitrogens with zero attached hydrogens (tertiary/aromatic N) is 1. The van der Waals surface area contributed by atoms with Gasteiger partial charge in [0.05, 0.1) is 11.0 Å². The zero-order chi connectivity index (χ0) is 17.5. The summed E-state index contributed by atoms with van der Waals surface area (Å²) >= 11 is 1.26. The molecule has 128 valence electrons. The molecule has 2 aromatic rings. The molecule has 1 aromatic carbocycles. The van der Waals surface area contributed by atoms with E-state index in [4.69, 9.17) is 4.52 Å². The van der Waals surface area contributed by atoms with E-state index in [9.17, 15) is 9.59 Å². The van der Waals surface area contributed by atoms with Crippen molar-refractivity contribution in [3.8, 4) is 0 Å². The van der Waals surface area contributed by atoms with Gasteiger partial charge in [-0.25, -0.2) is 0 Å². The van der Waals surface area contributed by atoms with Crippen molar-refractivity contribution in [1.29, 1.82) is 0 Å². The molecular formula is C17H21N3O3S. The van der Waals surface area contributed by atoms with Gasteiger partial charge in [0, 0.05) is 11.8 Å². The van der Waals surface area contributed by atoms with Gasteiger partial charge in [0.1, 0.15) is 5.76 Å². The van der Waals surface area contributed by atoms with Crippen LogP contribution in [0.25, 0.3) is 0 Å². The predicted octanol–water partition coefficient (Wildman–Crippen LogP) is 3.24. The number of aryl methyl sites for hydroxylation is 2. The molecule has 0 saturated carbocycles. The van der Waals surface area contributed by atoms with E-state index in [-0.39, 0.29) is 22.8 Å². The van der Waals surface area contributed by atoms with E-state index in [1.54, 1.807) is 19.9 Å². The van der Waals surface area contributed by atoms with E-state index < -0.39 is 0 Å². The number of nitrogens with one attached hydrogen (secondary N) is 2. The number of carbonyl (C=O) groups is 2. The van der Waals surface area contributed by atoms with Gasteiger partial charge in [-0.3, -0.25) is 9.59 Å². The smallest absolute Gasteiger partial charge is 0.238 e. The number of aromatic nitrogens is 1. The minimum absolute atomic E-state index is 0.138. The van der Waals surface area contributed by atoms with Gasteiger partial charge in [-0.2, -0.15) is 0 Å². The molecule has 0 aliphatic carbocycles. The number of rotatable bonds is 7. The normalized spacial score (nSPS) is 11.8. The Morgan fingerprint density at radius 1 is 1.25 bits per heavy atom. The van der Waals surface area contributed by atoms with Gasteiger partial charge in [-0.15, -0.1) is 11.8 Å². The fraction of sp³-hybridized carbons (Fsp3) is 0.353. The highest BCUT2D eigenvalue weighted by atomic mass is 32.2. The molecular weight excluding hydrogens is 326 g/mol. The van der Waals surface area contributed by atoms with Crippen LogP contribution in [0.5, 0.6) is 0 Å². The molecule has 1 aromatic heterocycles. The second kappa shape index (κ2) is 8.54. The molecule has 7 heteroatoms. The van der Waals surface area contributed by atoms with Crippen molar-refractivity contribution >= 4 is 35.1 Å². The summed E-state index contributed by atoms with van der Waals surface area (Å²) in [5.74, 6) is 0.848. The van der Waals surface area contributed by atoms with E-state index in [0.29, 0.717) is 11.6 Å². The maximum atomic E-state index is 12.0. The van der Waals surface area contributed by atoms with Crippen molar-refractivity contribution in [1.82, 2.24) is 5.16 Å². The van der Waals surface area contributed by atoms with Gasteiger partial charge in [0.15, 0.2) is 5.82 Å². The van der Waals surface area contributed by atoms with E-state index in [1.165, 1.54) is 17.3 Å². The second-order valence-corrected chi connectivity index (χ2v) is 6.69. The SMILES string of the molecule is CCc1ccc(NC(=O)CSC(C)C(=O)Nc2cc(C)on2)cc1. The summed E-state index contributed by atoms with van der Waals surface area (Å²) in [5.41, 5.74) is 1.98. The van der Waals surface area contributed by atoms with Gasteiger partial charge in [-0.1, -0.05) is 24.2 Å². The average molecular weight is 347 g/mol. The quantitative estimate of drug-likeness (QED) is 0.803. The first-order chi connectivity index (χ1) is 11.5. The first kappa shape index (κ1) is 18.1. The number of hydrogen-bond acceptors (Lipinski definition) is 5. The molecule has 0 saturated heterocycles. The molecule has 0 radical (unpaired) electrons. The number of anilines is 2. The Balaban J connectivity index is 1.76. The number of carbonyl (C=O) groups excluding carboxylic acids is 2. The Labute approximate surface area is 145 Å². The zero-order valence-electron chi connectivity index (χ0n) is 14.0. The summed E-state index contributed by atoms with van der Waals surface area (Å²) in [6, 6.07) is 9.37. The first-order valence-electron chi connectivity index (χ1n) is 7.72. The van der Waals surface area contributed by atoms with Crippen LogP contribution in [-0.4, -0.2) is 28.0 Å². The average Bonchev–Trinajstić information content (AvgIpc) is 2.98. The molecule has 1 atom stereocenters. The summed E-state index contributed by atoms with van der Waals surface area (Å²) in [4.78, 5) is 24.0. The molecule has 1 unspecified atom stereocenters. The zero-order valence-corrected chi connectivity index (χ0v) is 14.8. The molecule has 0 aliphatic rings. The van der Waals surface area contributed by atoms with Gasteiger partial charge < -0.3 is 15.2 Å². The highest BCUT2D eigenvalue weighted by molar-refractivity contribution is 8.01. The molecule has 2 rings (SSSR count). The van der Waals surface area contributed by atoms with Crippen LogP contribution in [0.3, 0.4) is 0 Å². The second-order valence-electron chi connectivity index (χ2n) is 5.36. The van der Waals surface area contributed by atoms with E-state index >= 15 is 0 Å². The highest BCUT2D eigenvalue weighted by Crippen LogP contribution is 2.15. The Morgan fingerprint density at radius 3 is 2.54 bits per heavy atom. The molecule has 2 amide bonds. The largest absolute Gasteiger partial charge is 0.360 e. The molecule has 0 fully saturated rings. The van der Waals surface area contributed by atoms with Crippen LogP contribution in [0.15, 0.2) is 34.9 Å². The Morgan fingerprint density at radius 2 is 1.96 bits per heavy atom. The van der Waals surface area contributed by atoms with E-state index in [0.717, 1.165) is 12.1 Å². The lowest BCUT2D eigenvalue weighted by Gasteiger charge is -2.10. The van der Waals surface area contributed by atoms with Crippen molar-refractivity contribution in [3.05, 3.63) is 41.7 Å². The summed E-state index contributed by atoms with van der Waals surface area (Å²) in [7, 11) is 0. The van der Waals surface area contributed by atoms with Crippen LogP contribution in [-0.2, 0) is 16.0 Å². The van der Waals surface area contributed by atoms with Crippen molar-refractivity contribution in [3.63, 3.8) is 0 Å². The number of benzene rings is 1. The molecule has 0 bridgehead atoms.